The molecule has 5 heteroatoms. The smallest absolute Gasteiger partial charge is 0.254 e. The van der Waals surface area contributed by atoms with E-state index >= 15 is 0 Å². The zero-order valence-electron chi connectivity index (χ0n) is 16.3. The summed E-state index contributed by atoms with van der Waals surface area (Å²) >= 11 is 6.24. The molecule has 1 heterocycles. The van der Waals surface area contributed by atoms with E-state index in [0.717, 1.165) is 27.5 Å². The molecule has 1 saturated heterocycles. The molecule has 3 aromatic rings. The maximum atomic E-state index is 13.3. The molecule has 0 bridgehead atoms. The van der Waals surface area contributed by atoms with E-state index in [1.807, 2.05) is 61.5 Å². The fourth-order valence-corrected chi connectivity index (χ4v) is 4.32. The minimum absolute atomic E-state index is 0.0557. The predicted molar refractivity (Wildman–Crippen MR) is 116 cm³/mol. The van der Waals surface area contributed by atoms with Crippen molar-refractivity contribution in [3.8, 4) is 11.1 Å². The van der Waals surface area contributed by atoms with E-state index in [-0.39, 0.29) is 25.0 Å². The number of aliphatic hydroxyl groups excluding tert-OH is 2. The van der Waals surface area contributed by atoms with Crippen LogP contribution in [0.3, 0.4) is 0 Å². The Kier molecular flexibility index (Phi) is 5.59. The Morgan fingerprint density at radius 3 is 2.59 bits per heavy atom. The number of aryl methyl sites for hydroxylation is 1. The first kappa shape index (κ1) is 19.9. The number of aliphatic hydroxyl groups is 2. The van der Waals surface area contributed by atoms with E-state index in [9.17, 15) is 15.0 Å². The van der Waals surface area contributed by atoms with Gasteiger partial charge in [-0.1, -0.05) is 48.0 Å². The Labute approximate surface area is 175 Å². The van der Waals surface area contributed by atoms with Gasteiger partial charge in [0.25, 0.3) is 5.91 Å². The lowest BCUT2D eigenvalue weighted by molar-refractivity contribution is 0.000952. The normalized spacial score (nSPS) is 19.5. The van der Waals surface area contributed by atoms with Crippen molar-refractivity contribution in [1.82, 2.24) is 4.90 Å². The molecular formula is C24H24ClNO3. The molecule has 4 rings (SSSR count). The standard InChI is InChI=1S/C24H24ClNO3/c1-15-6-7-17(25)12-22(15)20-8-9-21(19-5-3-2-4-18(19)20)24(29)26-11-10-16(14-27)23(28)13-26/h2-9,12,16,23,27-28H,10-11,13-14H2,1H3/t16-,23-/m1/s1. The van der Waals surface area contributed by atoms with Crippen LogP contribution in [0.25, 0.3) is 21.9 Å². The fraction of sp³-hybridized carbons (Fsp3) is 0.292. The highest BCUT2D eigenvalue weighted by atomic mass is 35.5. The van der Waals surface area contributed by atoms with Crippen LogP contribution >= 0.6 is 11.6 Å². The Morgan fingerprint density at radius 1 is 1.10 bits per heavy atom. The molecule has 2 atom stereocenters. The molecule has 0 saturated carbocycles. The highest BCUT2D eigenvalue weighted by molar-refractivity contribution is 6.31. The van der Waals surface area contributed by atoms with Gasteiger partial charge in [0, 0.05) is 36.2 Å². The Balaban J connectivity index is 1.76. The van der Waals surface area contributed by atoms with Crippen molar-refractivity contribution >= 4 is 28.3 Å². The van der Waals surface area contributed by atoms with E-state index in [2.05, 4.69) is 0 Å². The van der Waals surface area contributed by atoms with Crippen molar-refractivity contribution in [1.29, 1.82) is 0 Å². The summed E-state index contributed by atoms with van der Waals surface area (Å²) < 4.78 is 0. The number of carbonyl (C=O) groups excluding carboxylic acids is 1. The van der Waals surface area contributed by atoms with Crippen LogP contribution < -0.4 is 0 Å². The van der Waals surface area contributed by atoms with Gasteiger partial charge in [-0.15, -0.1) is 0 Å². The second kappa shape index (κ2) is 8.15. The maximum Gasteiger partial charge on any atom is 0.254 e. The monoisotopic (exact) mass is 409 g/mol. The van der Waals surface area contributed by atoms with Crippen LogP contribution in [0, 0.1) is 12.8 Å². The number of hydrogen-bond donors (Lipinski definition) is 2. The van der Waals surface area contributed by atoms with E-state index in [4.69, 9.17) is 11.6 Å². The van der Waals surface area contributed by atoms with E-state index in [1.54, 1.807) is 4.90 Å². The van der Waals surface area contributed by atoms with Gasteiger partial charge in [0.2, 0.25) is 0 Å². The number of piperidine rings is 1. The van der Waals surface area contributed by atoms with Crippen LogP contribution in [0.15, 0.2) is 54.6 Å². The van der Waals surface area contributed by atoms with Gasteiger partial charge >= 0.3 is 0 Å². The SMILES string of the molecule is Cc1ccc(Cl)cc1-c1ccc(C(=O)N2CC[C@H](CO)[C@H](O)C2)c2ccccc12. The quantitative estimate of drug-likeness (QED) is 0.678. The number of fused-ring (bicyclic) bond motifs is 1. The summed E-state index contributed by atoms with van der Waals surface area (Å²) in [5, 5.41) is 22.1. The van der Waals surface area contributed by atoms with Crippen LogP contribution in [-0.2, 0) is 0 Å². The minimum atomic E-state index is -0.697. The van der Waals surface area contributed by atoms with E-state index in [1.165, 1.54) is 0 Å². The topological polar surface area (TPSA) is 60.8 Å². The Bertz CT molecular complexity index is 1070. The molecule has 2 N–H and O–H groups in total. The summed E-state index contributed by atoms with van der Waals surface area (Å²) in [5.74, 6) is -0.255. The number of likely N-dealkylation sites (tertiary alicyclic amines) is 1. The van der Waals surface area contributed by atoms with Crippen molar-refractivity contribution in [3.63, 3.8) is 0 Å². The van der Waals surface area contributed by atoms with Gasteiger partial charge < -0.3 is 15.1 Å². The van der Waals surface area contributed by atoms with Gasteiger partial charge in [0.1, 0.15) is 0 Å². The Hall–Kier alpha value is -2.40. The van der Waals surface area contributed by atoms with Crippen LogP contribution in [0.2, 0.25) is 5.02 Å². The molecule has 0 aliphatic carbocycles. The zero-order valence-corrected chi connectivity index (χ0v) is 17.1. The number of benzene rings is 3. The highest BCUT2D eigenvalue weighted by Gasteiger charge is 2.30. The number of carbonyl (C=O) groups is 1. The molecule has 0 spiro atoms. The molecule has 1 fully saturated rings. The number of nitrogens with zero attached hydrogens (tertiary/aromatic N) is 1. The average Bonchev–Trinajstić information content (AvgIpc) is 2.74. The molecule has 4 nitrogen and oxygen atoms in total. The van der Waals surface area contributed by atoms with Crippen molar-refractivity contribution < 1.29 is 15.0 Å². The molecule has 1 aliphatic rings. The largest absolute Gasteiger partial charge is 0.396 e. The maximum absolute atomic E-state index is 13.3. The van der Waals surface area contributed by atoms with Gasteiger partial charge in [-0.05, 0) is 59.0 Å². The summed E-state index contributed by atoms with van der Waals surface area (Å²) in [5.41, 5.74) is 3.83. The number of halogens is 1. The first-order valence-electron chi connectivity index (χ1n) is 9.86. The van der Waals surface area contributed by atoms with E-state index in [0.29, 0.717) is 23.6 Å². The lowest BCUT2D eigenvalue weighted by Gasteiger charge is -2.35. The predicted octanol–water partition coefficient (Wildman–Crippen LogP) is 4.28. The van der Waals surface area contributed by atoms with Crippen molar-refractivity contribution in [2.45, 2.75) is 19.4 Å². The third kappa shape index (κ3) is 3.76. The van der Waals surface area contributed by atoms with Crippen molar-refractivity contribution in [2.24, 2.45) is 5.92 Å². The van der Waals surface area contributed by atoms with Crippen LogP contribution in [0.4, 0.5) is 0 Å². The number of rotatable bonds is 3. The minimum Gasteiger partial charge on any atom is -0.396 e. The third-order valence-electron chi connectivity index (χ3n) is 5.89. The molecule has 0 unspecified atom stereocenters. The van der Waals surface area contributed by atoms with E-state index < -0.39 is 6.10 Å². The summed E-state index contributed by atoms with van der Waals surface area (Å²) in [6, 6.07) is 17.6. The fourth-order valence-electron chi connectivity index (χ4n) is 4.15. The average molecular weight is 410 g/mol. The molecule has 0 aromatic heterocycles. The molecule has 1 aliphatic heterocycles. The summed E-state index contributed by atoms with van der Waals surface area (Å²) in [7, 11) is 0. The van der Waals surface area contributed by atoms with Crippen molar-refractivity contribution in [2.75, 3.05) is 19.7 Å². The van der Waals surface area contributed by atoms with Gasteiger partial charge in [0.05, 0.1) is 6.10 Å². The molecule has 1 amide bonds. The van der Waals surface area contributed by atoms with Crippen molar-refractivity contribution in [3.05, 3.63) is 70.7 Å². The molecule has 3 aromatic carbocycles. The second-order valence-corrected chi connectivity index (χ2v) is 8.15. The number of hydrogen-bond acceptors (Lipinski definition) is 3. The highest BCUT2D eigenvalue weighted by Crippen LogP contribution is 2.35. The molecular weight excluding hydrogens is 386 g/mol. The zero-order chi connectivity index (χ0) is 20.5. The molecule has 150 valence electrons. The van der Waals surface area contributed by atoms with Gasteiger partial charge in [-0.2, -0.15) is 0 Å². The molecule has 0 radical (unpaired) electrons. The van der Waals surface area contributed by atoms with Crippen LogP contribution in [-0.4, -0.2) is 46.8 Å². The number of β-amino-alcohol motifs (C(OH)–C–C–N with tert-alkyl or cyclic N) is 1. The third-order valence-corrected chi connectivity index (χ3v) is 6.12. The van der Waals surface area contributed by atoms with Gasteiger partial charge in [-0.25, -0.2) is 0 Å². The molecule has 29 heavy (non-hydrogen) atoms. The van der Waals surface area contributed by atoms with Gasteiger partial charge in [0.15, 0.2) is 0 Å². The van der Waals surface area contributed by atoms with Crippen LogP contribution in [0.5, 0.6) is 0 Å². The summed E-state index contributed by atoms with van der Waals surface area (Å²) in [6.45, 7) is 2.77. The first-order valence-corrected chi connectivity index (χ1v) is 10.2. The Morgan fingerprint density at radius 2 is 1.86 bits per heavy atom. The summed E-state index contributed by atoms with van der Waals surface area (Å²) in [6.07, 6.45) is -0.0986. The summed E-state index contributed by atoms with van der Waals surface area (Å²) in [4.78, 5) is 14.9. The van der Waals surface area contributed by atoms with Gasteiger partial charge in [-0.3, -0.25) is 4.79 Å². The van der Waals surface area contributed by atoms with Crippen LogP contribution in [0.1, 0.15) is 22.3 Å². The number of amides is 1. The second-order valence-electron chi connectivity index (χ2n) is 7.72. The lowest BCUT2D eigenvalue weighted by atomic mass is 9.91. The lowest BCUT2D eigenvalue weighted by Crippen LogP contribution is -2.47. The first-order chi connectivity index (χ1) is 14.0.